The highest BCUT2D eigenvalue weighted by molar-refractivity contribution is 9.10. The minimum Gasteiger partial charge on any atom is -0.398 e. The van der Waals surface area contributed by atoms with Crippen LogP contribution in [0, 0.1) is 5.92 Å². The van der Waals surface area contributed by atoms with Crippen LogP contribution in [0.4, 0.5) is 5.69 Å². The second-order valence-corrected chi connectivity index (χ2v) is 5.02. The standard InChI is InChI=1S/C13H21BrN2/c1-3-10(4-2)8-16-9-11-5-6-13(15)12(14)7-11/h5-7,10,16H,3-4,8-9,15H2,1-2H3. The van der Waals surface area contributed by atoms with E-state index in [1.54, 1.807) is 0 Å². The SMILES string of the molecule is CCC(CC)CNCc1ccc(N)c(Br)c1. The topological polar surface area (TPSA) is 38.0 Å². The third-order valence-corrected chi connectivity index (χ3v) is 3.67. The normalized spacial score (nSPS) is 11.0. The van der Waals surface area contributed by atoms with E-state index in [0.717, 1.165) is 29.2 Å². The van der Waals surface area contributed by atoms with Crippen LogP contribution in [0.5, 0.6) is 0 Å². The van der Waals surface area contributed by atoms with Gasteiger partial charge in [-0.25, -0.2) is 0 Å². The number of rotatable bonds is 6. The van der Waals surface area contributed by atoms with Gasteiger partial charge in [-0.1, -0.05) is 32.8 Å². The van der Waals surface area contributed by atoms with E-state index in [1.165, 1.54) is 18.4 Å². The zero-order valence-electron chi connectivity index (χ0n) is 10.1. The number of nitrogen functional groups attached to an aromatic ring is 1. The van der Waals surface area contributed by atoms with Crippen molar-refractivity contribution in [1.29, 1.82) is 0 Å². The Morgan fingerprint density at radius 2 is 2.00 bits per heavy atom. The van der Waals surface area contributed by atoms with Crippen LogP contribution in [0.15, 0.2) is 22.7 Å². The summed E-state index contributed by atoms with van der Waals surface area (Å²) in [6.45, 7) is 6.50. The highest BCUT2D eigenvalue weighted by Gasteiger charge is 2.03. The van der Waals surface area contributed by atoms with Gasteiger partial charge in [-0.15, -0.1) is 0 Å². The van der Waals surface area contributed by atoms with Crippen LogP contribution < -0.4 is 11.1 Å². The lowest BCUT2D eigenvalue weighted by molar-refractivity contribution is 0.449. The molecule has 0 unspecified atom stereocenters. The maximum absolute atomic E-state index is 5.74. The summed E-state index contributed by atoms with van der Waals surface area (Å²) in [6, 6.07) is 6.09. The van der Waals surface area contributed by atoms with Crippen molar-refractivity contribution >= 4 is 21.6 Å². The third kappa shape index (κ3) is 4.14. The molecule has 1 rings (SSSR count). The minimum absolute atomic E-state index is 0.789. The number of benzene rings is 1. The summed E-state index contributed by atoms with van der Waals surface area (Å²) in [4.78, 5) is 0. The van der Waals surface area contributed by atoms with Crippen LogP contribution >= 0.6 is 15.9 Å². The Kier molecular flexibility index (Phi) is 5.85. The number of nitrogens with one attached hydrogen (secondary N) is 1. The van der Waals surface area contributed by atoms with Crippen LogP contribution in [0.2, 0.25) is 0 Å². The molecule has 0 heterocycles. The average molecular weight is 285 g/mol. The number of nitrogens with two attached hydrogens (primary N) is 1. The van der Waals surface area contributed by atoms with E-state index in [1.807, 2.05) is 6.07 Å². The van der Waals surface area contributed by atoms with Crippen molar-refractivity contribution in [2.75, 3.05) is 12.3 Å². The molecule has 0 bridgehead atoms. The molecular weight excluding hydrogens is 264 g/mol. The Balaban J connectivity index is 2.40. The van der Waals surface area contributed by atoms with Crippen molar-refractivity contribution in [3.8, 4) is 0 Å². The van der Waals surface area contributed by atoms with E-state index in [9.17, 15) is 0 Å². The Labute approximate surface area is 107 Å². The van der Waals surface area contributed by atoms with Crippen molar-refractivity contribution in [2.24, 2.45) is 5.92 Å². The van der Waals surface area contributed by atoms with Gasteiger partial charge in [-0.2, -0.15) is 0 Å². The molecule has 0 aliphatic carbocycles. The number of hydrogen-bond donors (Lipinski definition) is 2. The molecule has 0 aliphatic rings. The van der Waals surface area contributed by atoms with E-state index in [4.69, 9.17) is 5.73 Å². The fourth-order valence-corrected chi connectivity index (χ4v) is 2.10. The van der Waals surface area contributed by atoms with Crippen molar-refractivity contribution < 1.29 is 0 Å². The Morgan fingerprint density at radius 1 is 1.31 bits per heavy atom. The molecule has 1 aromatic rings. The van der Waals surface area contributed by atoms with Gasteiger partial charge in [-0.3, -0.25) is 0 Å². The van der Waals surface area contributed by atoms with Crippen LogP contribution in [0.25, 0.3) is 0 Å². The molecule has 0 saturated carbocycles. The molecule has 0 spiro atoms. The van der Waals surface area contributed by atoms with Gasteiger partial charge in [0.05, 0.1) is 0 Å². The van der Waals surface area contributed by atoms with Gasteiger partial charge >= 0.3 is 0 Å². The van der Waals surface area contributed by atoms with Crippen molar-refractivity contribution in [3.63, 3.8) is 0 Å². The van der Waals surface area contributed by atoms with Crippen LogP contribution in [-0.2, 0) is 6.54 Å². The minimum atomic E-state index is 0.789. The summed E-state index contributed by atoms with van der Waals surface area (Å²) in [5, 5.41) is 3.49. The van der Waals surface area contributed by atoms with Gasteiger partial charge in [-0.05, 0) is 46.1 Å². The molecule has 0 aromatic heterocycles. The van der Waals surface area contributed by atoms with E-state index in [0.29, 0.717) is 0 Å². The molecular formula is C13H21BrN2. The van der Waals surface area contributed by atoms with Gasteiger partial charge in [0.15, 0.2) is 0 Å². The summed E-state index contributed by atoms with van der Waals surface area (Å²) in [7, 11) is 0. The highest BCUT2D eigenvalue weighted by atomic mass is 79.9. The summed E-state index contributed by atoms with van der Waals surface area (Å²) in [5.41, 5.74) is 7.81. The smallest absolute Gasteiger partial charge is 0.0458 e. The highest BCUT2D eigenvalue weighted by Crippen LogP contribution is 2.20. The molecule has 0 aliphatic heterocycles. The zero-order valence-corrected chi connectivity index (χ0v) is 11.7. The average Bonchev–Trinajstić information content (AvgIpc) is 2.29. The molecule has 0 fully saturated rings. The largest absolute Gasteiger partial charge is 0.398 e. The summed E-state index contributed by atoms with van der Waals surface area (Å²) < 4.78 is 0.981. The Morgan fingerprint density at radius 3 is 2.56 bits per heavy atom. The van der Waals surface area contributed by atoms with E-state index in [-0.39, 0.29) is 0 Å². The first-order chi connectivity index (χ1) is 7.67. The maximum Gasteiger partial charge on any atom is 0.0458 e. The van der Waals surface area contributed by atoms with Crippen molar-refractivity contribution in [3.05, 3.63) is 28.2 Å². The van der Waals surface area contributed by atoms with Crippen LogP contribution in [0.1, 0.15) is 32.3 Å². The molecule has 16 heavy (non-hydrogen) atoms. The summed E-state index contributed by atoms with van der Waals surface area (Å²) >= 11 is 3.44. The molecule has 1 aromatic carbocycles. The van der Waals surface area contributed by atoms with E-state index >= 15 is 0 Å². The van der Waals surface area contributed by atoms with E-state index < -0.39 is 0 Å². The predicted molar refractivity (Wildman–Crippen MR) is 74.3 cm³/mol. The lowest BCUT2D eigenvalue weighted by Crippen LogP contribution is -2.21. The first-order valence-corrected chi connectivity index (χ1v) is 6.71. The lowest BCUT2D eigenvalue weighted by atomic mass is 10.0. The zero-order chi connectivity index (χ0) is 12.0. The fourth-order valence-electron chi connectivity index (χ4n) is 1.68. The summed E-state index contributed by atoms with van der Waals surface area (Å²) in [6.07, 6.45) is 2.49. The first kappa shape index (κ1) is 13.5. The van der Waals surface area contributed by atoms with Crippen molar-refractivity contribution in [1.82, 2.24) is 5.32 Å². The molecule has 0 saturated heterocycles. The predicted octanol–water partition coefficient (Wildman–Crippen LogP) is 3.56. The number of hydrogen-bond acceptors (Lipinski definition) is 2. The van der Waals surface area contributed by atoms with Gasteiger partial charge in [0.1, 0.15) is 0 Å². The molecule has 90 valence electrons. The molecule has 3 N–H and O–H groups in total. The Bertz CT molecular complexity index is 322. The lowest BCUT2D eigenvalue weighted by Gasteiger charge is -2.13. The Hall–Kier alpha value is -0.540. The maximum atomic E-state index is 5.74. The number of anilines is 1. The second-order valence-electron chi connectivity index (χ2n) is 4.17. The molecule has 3 heteroatoms. The monoisotopic (exact) mass is 284 g/mol. The molecule has 0 radical (unpaired) electrons. The second kappa shape index (κ2) is 6.92. The van der Waals surface area contributed by atoms with Crippen LogP contribution in [0.3, 0.4) is 0 Å². The fraction of sp³-hybridized carbons (Fsp3) is 0.538. The first-order valence-electron chi connectivity index (χ1n) is 5.92. The van der Waals surface area contributed by atoms with Gasteiger partial charge in [0.25, 0.3) is 0 Å². The van der Waals surface area contributed by atoms with Gasteiger partial charge in [0.2, 0.25) is 0 Å². The molecule has 2 nitrogen and oxygen atoms in total. The summed E-state index contributed by atoms with van der Waals surface area (Å²) in [5.74, 6) is 0.789. The number of halogens is 1. The van der Waals surface area contributed by atoms with Gasteiger partial charge < -0.3 is 11.1 Å². The van der Waals surface area contributed by atoms with Crippen molar-refractivity contribution in [2.45, 2.75) is 33.2 Å². The quantitative estimate of drug-likeness (QED) is 0.784. The third-order valence-electron chi connectivity index (χ3n) is 2.98. The van der Waals surface area contributed by atoms with Crippen LogP contribution in [-0.4, -0.2) is 6.54 Å². The van der Waals surface area contributed by atoms with E-state index in [2.05, 4.69) is 47.2 Å². The van der Waals surface area contributed by atoms with Gasteiger partial charge in [0, 0.05) is 16.7 Å². The molecule has 0 atom stereocenters. The molecule has 0 amide bonds.